The van der Waals surface area contributed by atoms with Crippen molar-refractivity contribution >= 4 is 11.6 Å². The lowest BCUT2D eigenvalue weighted by atomic mass is 10.3. The van der Waals surface area contributed by atoms with Gasteiger partial charge in [-0.2, -0.15) is 5.10 Å². The van der Waals surface area contributed by atoms with E-state index in [9.17, 15) is 0 Å². The van der Waals surface area contributed by atoms with Gasteiger partial charge in [0.05, 0.1) is 6.20 Å². The third-order valence-electron chi connectivity index (χ3n) is 2.06. The van der Waals surface area contributed by atoms with Crippen molar-refractivity contribution in [2.75, 3.05) is 6.54 Å². The highest BCUT2D eigenvalue weighted by molar-refractivity contribution is 6.20. The van der Waals surface area contributed by atoms with E-state index in [0.717, 1.165) is 26.1 Å². The average molecular weight is 216 g/mol. The molecule has 0 saturated heterocycles. The second-order valence-electron chi connectivity index (χ2n) is 3.45. The van der Waals surface area contributed by atoms with Crippen LogP contribution in [0.25, 0.3) is 0 Å². The minimum absolute atomic E-state index is 0.251. The molecule has 1 N–H and O–H groups in total. The van der Waals surface area contributed by atoms with Crippen molar-refractivity contribution in [2.24, 2.45) is 0 Å². The van der Waals surface area contributed by atoms with Gasteiger partial charge in [0.25, 0.3) is 0 Å². The van der Waals surface area contributed by atoms with E-state index in [2.05, 4.69) is 23.5 Å². The van der Waals surface area contributed by atoms with Gasteiger partial charge in [-0.25, -0.2) is 0 Å². The first-order valence-corrected chi connectivity index (χ1v) is 5.52. The van der Waals surface area contributed by atoms with Gasteiger partial charge in [-0.15, -0.1) is 11.6 Å². The van der Waals surface area contributed by atoms with E-state index in [1.54, 1.807) is 0 Å². The molecule has 1 atom stereocenters. The predicted molar refractivity (Wildman–Crippen MR) is 59.5 cm³/mol. The molecule has 0 saturated carbocycles. The Morgan fingerprint density at radius 2 is 2.43 bits per heavy atom. The predicted octanol–water partition coefficient (Wildman–Crippen LogP) is 2.01. The van der Waals surface area contributed by atoms with Gasteiger partial charge in [-0.1, -0.05) is 0 Å². The average Bonchev–Trinajstić information content (AvgIpc) is 2.60. The van der Waals surface area contributed by atoms with Gasteiger partial charge >= 0.3 is 0 Å². The molecular weight excluding hydrogens is 198 g/mol. The summed E-state index contributed by atoms with van der Waals surface area (Å²) < 4.78 is 1.93. The number of halogens is 1. The van der Waals surface area contributed by atoms with Crippen LogP contribution < -0.4 is 5.32 Å². The molecule has 0 amide bonds. The highest BCUT2D eigenvalue weighted by Gasteiger charge is 1.98. The summed E-state index contributed by atoms with van der Waals surface area (Å²) in [6, 6.07) is 0. The Labute approximate surface area is 90.4 Å². The SMILES string of the molecule is CCn1cc(CNCCC(C)Cl)cn1. The first kappa shape index (κ1) is 11.5. The number of aryl methyl sites for hydroxylation is 1. The Hall–Kier alpha value is -0.540. The third-order valence-corrected chi connectivity index (χ3v) is 2.28. The molecule has 80 valence electrons. The van der Waals surface area contributed by atoms with E-state index in [1.807, 2.05) is 17.8 Å². The lowest BCUT2D eigenvalue weighted by Crippen LogP contribution is -2.16. The van der Waals surface area contributed by atoms with Crippen LogP contribution >= 0.6 is 11.6 Å². The quantitative estimate of drug-likeness (QED) is 0.581. The molecule has 0 bridgehead atoms. The zero-order valence-corrected chi connectivity index (χ0v) is 9.59. The molecule has 3 nitrogen and oxygen atoms in total. The molecule has 0 aliphatic rings. The molecule has 0 spiro atoms. The summed E-state index contributed by atoms with van der Waals surface area (Å²) in [6.07, 6.45) is 4.97. The maximum absolute atomic E-state index is 5.83. The molecule has 1 aromatic rings. The minimum Gasteiger partial charge on any atom is -0.313 e. The lowest BCUT2D eigenvalue weighted by molar-refractivity contribution is 0.640. The van der Waals surface area contributed by atoms with Gasteiger partial charge in [0.15, 0.2) is 0 Å². The van der Waals surface area contributed by atoms with Gasteiger partial charge in [0, 0.05) is 30.2 Å². The van der Waals surface area contributed by atoms with Crippen molar-refractivity contribution in [2.45, 2.75) is 38.7 Å². The number of rotatable bonds is 6. The van der Waals surface area contributed by atoms with Crippen LogP contribution in [0.3, 0.4) is 0 Å². The minimum atomic E-state index is 0.251. The van der Waals surface area contributed by atoms with Gasteiger partial charge < -0.3 is 5.32 Å². The number of hydrogen-bond donors (Lipinski definition) is 1. The number of nitrogens with one attached hydrogen (secondary N) is 1. The maximum Gasteiger partial charge on any atom is 0.0534 e. The van der Waals surface area contributed by atoms with Crippen molar-refractivity contribution < 1.29 is 0 Å². The molecular formula is C10H18ClN3. The van der Waals surface area contributed by atoms with Gasteiger partial charge in [0.1, 0.15) is 0 Å². The van der Waals surface area contributed by atoms with E-state index < -0.39 is 0 Å². The number of alkyl halides is 1. The fourth-order valence-corrected chi connectivity index (χ4v) is 1.31. The summed E-state index contributed by atoms with van der Waals surface area (Å²) in [5.74, 6) is 0. The number of hydrogen-bond acceptors (Lipinski definition) is 2. The van der Waals surface area contributed by atoms with Crippen molar-refractivity contribution in [1.82, 2.24) is 15.1 Å². The highest BCUT2D eigenvalue weighted by atomic mass is 35.5. The van der Waals surface area contributed by atoms with Gasteiger partial charge in [0.2, 0.25) is 0 Å². The normalized spacial score (nSPS) is 13.1. The molecule has 1 aromatic heterocycles. The summed E-state index contributed by atoms with van der Waals surface area (Å²) >= 11 is 5.83. The zero-order chi connectivity index (χ0) is 10.4. The second-order valence-corrected chi connectivity index (χ2v) is 4.20. The smallest absolute Gasteiger partial charge is 0.0534 e. The first-order chi connectivity index (χ1) is 6.72. The fraction of sp³-hybridized carbons (Fsp3) is 0.700. The van der Waals surface area contributed by atoms with Crippen LogP contribution in [0.4, 0.5) is 0 Å². The molecule has 1 heterocycles. The van der Waals surface area contributed by atoms with E-state index in [4.69, 9.17) is 11.6 Å². The topological polar surface area (TPSA) is 29.9 Å². The van der Waals surface area contributed by atoms with Crippen molar-refractivity contribution in [3.63, 3.8) is 0 Å². The fourth-order valence-electron chi connectivity index (χ4n) is 1.20. The standard InChI is InChI=1S/C10H18ClN3/c1-3-14-8-10(7-13-14)6-12-5-4-9(2)11/h7-9,12H,3-6H2,1-2H3. The largest absolute Gasteiger partial charge is 0.313 e. The Morgan fingerprint density at radius 3 is 3.00 bits per heavy atom. The van der Waals surface area contributed by atoms with Crippen LogP contribution in [-0.4, -0.2) is 21.7 Å². The van der Waals surface area contributed by atoms with Crippen molar-refractivity contribution in [3.8, 4) is 0 Å². The summed E-state index contributed by atoms with van der Waals surface area (Å²) in [4.78, 5) is 0. The highest BCUT2D eigenvalue weighted by Crippen LogP contribution is 1.99. The van der Waals surface area contributed by atoms with E-state index in [0.29, 0.717) is 0 Å². The molecule has 14 heavy (non-hydrogen) atoms. The summed E-state index contributed by atoms with van der Waals surface area (Å²) in [6.45, 7) is 6.86. The Balaban J connectivity index is 2.18. The molecule has 0 aliphatic heterocycles. The van der Waals surface area contributed by atoms with Crippen LogP contribution in [0.2, 0.25) is 0 Å². The van der Waals surface area contributed by atoms with Crippen molar-refractivity contribution in [3.05, 3.63) is 18.0 Å². The molecule has 0 radical (unpaired) electrons. The molecule has 1 unspecified atom stereocenters. The maximum atomic E-state index is 5.83. The molecule has 0 aliphatic carbocycles. The van der Waals surface area contributed by atoms with Crippen LogP contribution in [0.15, 0.2) is 12.4 Å². The van der Waals surface area contributed by atoms with Crippen molar-refractivity contribution in [1.29, 1.82) is 0 Å². The van der Waals surface area contributed by atoms with Gasteiger partial charge in [-0.05, 0) is 26.8 Å². The lowest BCUT2D eigenvalue weighted by Gasteiger charge is -2.03. The van der Waals surface area contributed by atoms with Crippen LogP contribution in [0.1, 0.15) is 25.8 Å². The summed E-state index contributed by atoms with van der Waals surface area (Å²) in [5, 5.41) is 7.78. The third kappa shape index (κ3) is 4.11. The van der Waals surface area contributed by atoms with E-state index in [1.165, 1.54) is 5.56 Å². The van der Waals surface area contributed by atoms with Crippen LogP contribution in [0, 0.1) is 0 Å². The number of aromatic nitrogens is 2. The molecule has 0 fully saturated rings. The summed E-state index contributed by atoms with van der Waals surface area (Å²) in [7, 11) is 0. The Morgan fingerprint density at radius 1 is 1.64 bits per heavy atom. The van der Waals surface area contributed by atoms with E-state index >= 15 is 0 Å². The second kappa shape index (κ2) is 6.04. The monoisotopic (exact) mass is 215 g/mol. The van der Waals surface area contributed by atoms with E-state index in [-0.39, 0.29) is 5.38 Å². The Bertz CT molecular complexity index is 258. The number of nitrogens with zero attached hydrogens (tertiary/aromatic N) is 2. The molecule has 4 heteroatoms. The first-order valence-electron chi connectivity index (χ1n) is 5.08. The molecule has 0 aromatic carbocycles. The van der Waals surface area contributed by atoms with Gasteiger partial charge in [-0.3, -0.25) is 4.68 Å². The van der Waals surface area contributed by atoms with Crippen LogP contribution in [-0.2, 0) is 13.1 Å². The summed E-state index contributed by atoms with van der Waals surface area (Å²) in [5.41, 5.74) is 1.23. The van der Waals surface area contributed by atoms with Crippen LogP contribution in [0.5, 0.6) is 0 Å². The zero-order valence-electron chi connectivity index (χ0n) is 8.83. The molecule has 1 rings (SSSR count). The Kier molecular flexibility index (Phi) is 4.98.